The van der Waals surface area contributed by atoms with E-state index < -0.39 is 22.5 Å². The number of aryl methyl sites for hydroxylation is 1. The van der Waals surface area contributed by atoms with Crippen LogP contribution in [0.4, 0.5) is 0 Å². The van der Waals surface area contributed by atoms with Crippen LogP contribution in [0.3, 0.4) is 0 Å². The minimum absolute atomic E-state index is 0.00259. The van der Waals surface area contributed by atoms with E-state index in [0.29, 0.717) is 4.47 Å². The van der Waals surface area contributed by atoms with E-state index in [1.54, 1.807) is 6.07 Å². The summed E-state index contributed by atoms with van der Waals surface area (Å²) in [5, 5.41) is 0.218. The lowest BCUT2D eigenvalue weighted by molar-refractivity contribution is -0.140. The van der Waals surface area contributed by atoms with Gasteiger partial charge in [0, 0.05) is 11.6 Å². The topological polar surface area (TPSA) is 72.9 Å². The average molecular weight is 477 g/mol. The van der Waals surface area contributed by atoms with Crippen molar-refractivity contribution >= 4 is 43.5 Å². The number of hydrogen-bond acceptors (Lipinski definition) is 5. The van der Waals surface area contributed by atoms with Crippen LogP contribution in [-0.4, -0.2) is 39.5 Å². The van der Waals surface area contributed by atoms with Crippen LogP contribution < -0.4 is 4.74 Å². The van der Waals surface area contributed by atoms with Gasteiger partial charge in [0.25, 0.3) is 0 Å². The van der Waals surface area contributed by atoms with Crippen molar-refractivity contribution in [3.63, 3.8) is 0 Å². The van der Waals surface area contributed by atoms with E-state index in [9.17, 15) is 13.2 Å². The molecule has 0 spiro atoms. The number of methoxy groups -OCH3 is 2. The van der Waals surface area contributed by atoms with Gasteiger partial charge < -0.3 is 9.47 Å². The molecule has 0 N–H and O–H groups in total. The van der Waals surface area contributed by atoms with Crippen LogP contribution in [0.2, 0.25) is 5.02 Å². The van der Waals surface area contributed by atoms with Crippen LogP contribution in [0.25, 0.3) is 0 Å². The molecule has 0 bridgehead atoms. The summed E-state index contributed by atoms with van der Waals surface area (Å²) < 4.78 is 38.0. The highest BCUT2D eigenvalue weighted by Crippen LogP contribution is 2.37. The summed E-state index contributed by atoms with van der Waals surface area (Å²) in [4.78, 5) is 11.7. The second-order valence-corrected chi connectivity index (χ2v) is 8.89. The number of hydrogen-bond donors (Lipinski definition) is 0. The monoisotopic (exact) mass is 475 g/mol. The lowest BCUT2D eigenvalue weighted by Gasteiger charge is -2.23. The first-order valence-electron chi connectivity index (χ1n) is 7.85. The Morgan fingerprint density at radius 3 is 2.48 bits per heavy atom. The quantitative estimate of drug-likeness (QED) is 0.569. The molecule has 0 atom stereocenters. The van der Waals surface area contributed by atoms with Crippen LogP contribution in [0, 0.1) is 6.92 Å². The SMILES string of the molecule is COC(=O)CN(Cc1ccccc1C)S(=O)(=O)c1cc(Cl)cc(Br)c1OC. The van der Waals surface area contributed by atoms with Gasteiger partial charge in [0.05, 0.1) is 18.7 Å². The van der Waals surface area contributed by atoms with Crippen molar-refractivity contribution in [2.24, 2.45) is 0 Å². The van der Waals surface area contributed by atoms with E-state index in [1.165, 1.54) is 26.4 Å². The maximum atomic E-state index is 13.3. The molecule has 0 heterocycles. The zero-order chi connectivity index (χ0) is 20.2. The standard InChI is InChI=1S/C18H19BrClNO5S/c1-12-6-4-5-7-13(12)10-21(11-17(22)25-2)27(23,24)16-9-14(20)8-15(19)18(16)26-3/h4-9H,10-11H2,1-3H3. The molecule has 0 aliphatic rings. The predicted octanol–water partition coefficient (Wildman–Crippen LogP) is 3.78. The third kappa shape index (κ3) is 5.01. The maximum absolute atomic E-state index is 13.3. The highest BCUT2D eigenvalue weighted by Gasteiger charge is 2.31. The molecule has 2 aromatic rings. The fraction of sp³-hybridized carbons (Fsp3) is 0.278. The van der Waals surface area contributed by atoms with Crippen molar-refractivity contribution < 1.29 is 22.7 Å². The Kier molecular flexibility index (Phi) is 7.27. The summed E-state index contributed by atoms with van der Waals surface area (Å²) in [5.74, 6) is -0.564. The van der Waals surface area contributed by atoms with Crippen molar-refractivity contribution in [2.75, 3.05) is 20.8 Å². The molecule has 6 nitrogen and oxygen atoms in total. The molecular weight excluding hydrogens is 458 g/mol. The number of benzene rings is 2. The van der Waals surface area contributed by atoms with Gasteiger partial charge >= 0.3 is 5.97 Å². The minimum Gasteiger partial charge on any atom is -0.494 e. The van der Waals surface area contributed by atoms with Crippen LogP contribution in [0.1, 0.15) is 11.1 Å². The van der Waals surface area contributed by atoms with Crippen molar-refractivity contribution in [3.05, 3.63) is 57.0 Å². The fourth-order valence-electron chi connectivity index (χ4n) is 2.48. The Hall–Kier alpha value is -1.61. The second kappa shape index (κ2) is 9.05. The van der Waals surface area contributed by atoms with E-state index >= 15 is 0 Å². The van der Waals surface area contributed by atoms with E-state index in [1.807, 2.05) is 25.1 Å². The van der Waals surface area contributed by atoms with Gasteiger partial charge in [0.1, 0.15) is 11.4 Å². The van der Waals surface area contributed by atoms with Crippen LogP contribution in [0.5, 0.6) is 5.75 Å². The molecule has 0 aromatic heterocycles. The molecule has 2 rings (SSSR count). The zero-order valence-electron chi connectivity index (χ0n) is 15.0. The van der Waals surface area contributed by atoms with Crippen LogP contribution >= 0.6 is 27.5 Å². The van der Waals surface area contributed by atoms with Crippen molar-refractivity contribution in [3.8, 4) is 5.75 Å². The Morgan fingerprint density at radius 2 is 1.89 bits per heavy atom. The second-order valence-electron chi connectivity index (χ2n) is 5.69. The molecule has 0 unspecified atom stereocenters. The molecule has 0 amide bonds. The molecule has 27 heavy (non-hydrogen) atoms. The number of carbonyl (C=O) groups is 1. The summed E-state index contributed by atoms with van der Waals surface area (Å²) in [6.07, 6.45) is 0. The van der Waals surface area contributed by atoms with E-state index in [2.05, 4.69) is 20.7 Å². The molecule has 0 saturated heterocycles. The van der Waals surface area contributed by atoms with Crippen molar-refractivity contribution in [1.29, 1.82) is 0 Å². The normalized spacial score (nSPS) is 11.5. The first-order valence-corrected chi connectivity index (χ1v) is 10.5. The van der Waals surface area contributed by atoms with Gasteiger partial charge in [-0.25, -0.2) is 8.42 Å². The highest BCUT2D eigenvalue weighted by molar-refractivity contribution is 9.10. The van der Waals surface area contributed by atoms with E-state index in [0.717, 1.165) is 15.4 Å². The van der Waals surface area contributed by atoms with Gasteiger partial charge in [-0.1, -0.05) is 35.9 Å². The van der Waals surface area contributed by atoms with Crippen LogP contribution in [0.15, 0.2) is 45.8 Å². The lowest BCUT2D eigenvalue weighted by atomic mass is 10.1. The van der Waals surface area contributed by atoms with E-state index in [4.69, 9.17) is 16.3 Å². The zero-order valence-corrected chi connectivity index (χ0v) is 18.2. The molecule has 0 aliphatic heterocycles. The predicted molar refractivity (Wildman–Crippen MR) is 106 cm³/mol. The van der Waals surface area contributed by atoms with Gasteiger partial charge in [-0.05, 0) is 46.1 Å². The summed E-state index contributed by atoms with van der Waals surface area (Å²) in [7, 11) is -1.55. The smallest absolute Gasteiger partial charge is 0.321 e. The number of esters is 1. The summed E-state index contributed by atoms with van der Waals surface area (Å²) in [5.41, 5.74) is 1.67. The number of ether oxygens (including phenoxy) is 2. The Morgan fingerprint density at radius 1 is 1.22 bits per heavy atom. The number of rotatable bonds is 7. The van der Waals surface area contributed by atoms with Gasteiger partial charge in [-0.15, -0.1) is 0 Å². The van der Waals surface area contributed by atoms with Crippen molar-refractivity contribution in [2.45, 2.75) is 18.4 Å². The fourth-order valence-corrected chi connectivity index (χ4v) is 5.21. The molecule has 0 saturated carbocycles. The van der Waals surface area contributed by atoms with Gasteiger partial charge in [0.15, 0.2) is 5.75 Å². The average Bonchev–Trinajstić information content (AvgIpc) is 2.62. The lowest BCUT2D eigenvalue weighted by Crippen LogP contribution is -2.36. The minimum atomic E-state index is -4.12. The largest absolute Gasteiger partial charge is 0.494 e. The van der Waals surface area contributed by atoms with Gasteiger partial charge in [-0.2, -0.15) is 4.31 Å². The molecular formula is C18H19BrClNO5S. The number of nitrogens with zero attached hydrogens (tertiary/aromatic N) is 1. The van der Waals surface area contributed by atoms with E-state index in [-0.39, 0.29) is 22.2 Å². The number of sulfonamides is 1. The number of halogens is 2. The van der Waals surface area contributed by atoms with Crippen molar-refractivity contribution in [1.82, 2.24) is 4.31 Å². The molecule has 9 heteroatoms. The first-order chi connectivity index (χ1) is 12.7. The van der Waals surface area contributed by atoms with Crippen LogP contribution in [-0.2, 0) is 26.1 Å². The Balaban J connectivity index is 2.57. The summed E-state index contributed by atoms with van der Waals surface area (Å²) >= 11 is 9.31. The molecule has 146 valence electrons. The molecule has 2 aromatic carbocycles. The highest BCUT2D eigenvalue weighted by atomic mass is 79.9. The molecule has 0 radical (unpaired) electrons. The third-order valence-electron chi connectivity index (χ3n) is 3.94. The molecule has 0 fully saturated rings. The summed E-state index contributed by atoms with van der Waals surface area (Å²) in [6, 6.07) is 10.2. The maximum Gasteiger partial charge on any atom is 0.321 e. The number of carbonyl (C=O) groups excluding carboxylic acids is 1. The Labute approximate surface area is 172 Å². The first kappa shape index (κ1) is 21.7. The third-order valence-corrected chi connectivity index (χ3v) is 6.54. The van der Waals surface area contributed by atoms with Gasteiger partial charge in [-0.3, -0.25) is 4.79 Å². The Bertz CT molecular complexity index is 949. The molecule has 0 aliphatic carbocycles. The van der Waals surface area contributed by atoms with Gasteiger partial charge in [0.2, 0.25) is 10.0 Å². The summed E-state index contributed by atoms with van der Waals surface area (Å²) in [6.45, 7) is 1.42.